The highest BCUT2D eigenvalue weighted by Gasteiger charge is 2.76. The molecule has 3 unspecified atom stereocenters. The molecule has 7 atom stereocenters. The molecule has 6 rings (SSSR count). The number of halogens is 1. The van der Waals surface area contributed by atoms with Crippen LogP contribution in [0, 0.1) is 25.7 Å². The monoisotopic (exact) mass is 633 g/mol. The molecule has 3 amide bonds. The third-order valence-corrected chi connectivity index (χ3v) is 11.9. The molecule has 0 aromatic heterocycles. The number of aliphatic hydroxyl groups is 1. The van der Waals surface area contributed by atoms with Gasteiger partial charge in [-0.25, -0.2) is 0 Å². The van der Waals surface area contributed by atoms with E-state index in [0.29, 0.717) is 17.8 Å². The number of likely N-dealkylation sites (tertiary alicyclic amines) is 1. The molecule has 3 aromatic carbocycles. The summed E-state index contributed by atoms with van der Waals surface area (Å²) in [6.07, 6.45) is 0.558. The fourth-order valence-electron chi connectivity index (χ4n) is 6.85. The van der Waals surface area contributed by atoms with Gasteiger partial charge in [0.05, 0.1) is 29.2 Å². The second kappa shape index (κ2) is 10.9. The summed E-state index contributed by atoms with van der Waals surface area (Å²) in [5.41, 5.74) is 4.01. The highest BCUT2D eigenvalue weighted by atomic mass is 79.9. The van der Waals surface area contributed by atoms with Crippen molar-refractivity contribution < 1.29 is 19.5 Å². The normalized spacial score (nSPS) is 28.8. The number of nitrogens with one attached hydrogen (secondary N) is 2. The molecule has 9 heteroatoms. The molecule has 41 heavy (non-hydrogen) atoms. The van der Waals surface area contributed by atoms with Crippen molar-refractivity contribution in [1.82, 2.24) is 4.90 Å². The zero-order valence-corrected chi connectivity index (χ0v) is 25.2. The van der Waals surface area contributed by atoms with Gasteiger partial charge in [-0.15, -0.1) is 11.8 Å². The van der Waals surface area contributed by atoms with Crippen LogP contribution in [0.4, 0.5) is 11.4 Å². The molecule has 7 nitrogen and oxygen atoms in total. The van der Waals surface area contributed by atoms with E-state index < -0.39 is 28.7 Å². The lowest BCUT2D eigenvalue weighted by Gasteiger charge is -2.37. The SMILES string of the molecule is Cc1ccc(C)c(NC(=O)C2N([C@H](CO)c3ccccc3)C(=O)[C@@H]3[C@H](C(=O)Nc4ccccc4)[C@H]4SC23CC4Br)c1. The Morgan fingerprint density at radius 3 is 2.39 bits per heavy atom. The van der Waals surface area contributed by atoms with Crippen molar-refractivity contribution in [3.05, 3.63) is 95.6 Å². The standard InChI is InChI=1S/C32H32BrN3O4S/c1-18-13-14-19(2)23(15-18)35-30(39)28-32-16-22(33)27(41-32)25(29(38)34-21-11-7-4-8-12-21)26(32)31(40)36(28)24(17-37)20-9-5-3-6-10-20/h3-15,22,24-28,37H,16-17H2,1-2H3,(H,34,38)(H,35,39)/t22?,24-,25+,26+,27+,28?,32?/m1/s1. The number of carbonyl (C=O) groups excluding carboxylic acids is 3. The maximum Gasteiger partial charge on any atom is 0.248 e. The van der Waals surface area contributed by atoms with Gasteiger partial charge in [-0.1, -0.05) is 76.6 Å². The van der Waals surface area contributed by atoms with Crippen LogP contribution in [-0.2, 0) is 14.4 Å². The summed E-state index contributed by atoms with van der Waals surface area (Å²) in [7, 11) is 0. The van der Waals surface area contributed by atoms with Crippen LogP contribution in [0.1, 0.15) is 29.2 Å². The number of nitrogens with zero attached hydrogens (tertiary/aromatic N) is 1. The third-order valence-electron chi connectivity index (χ3n) is 8.66. The molecule has 2 bridgehead atoms. The van der Waals surface area contributed by atoms with Gasteiger partial charge in [0.2, 0.25) is 17.7 Å². The lowest BCUT2D eigenvalue weighted by Crippen LogP contribution is -2.53. The van der Waals surface area contributed by atoms with Crippen LogP contribution >= 0.6 is 27.7 Å². The smallest absolute Gasteiger partial charge is 0.248 e. The molecule has 3 aliphatic heterocycles. The van der Waals surface area contributed by atoms with Crippen molar-refractivity contribution in [2.45, 2.75) is 47.2 Å². The number of para-hydroxylation sites is 1. The van der Waals surface area contributed by atoms with Gasteiger partial charge in [-0.3, -0.25) is 14.4 Å². The summed E-state index contributed by atoms with van der Waals surface area (Å²) in [5.74, 6) is -2.14. The molecular weight excluding hydrogens is 602 g/mol. The summed E-state index contributed by atoms with van der Waals surface area (Å²) < 4.78 is -0.835. The number of anilines is 2. The van der Waals surface area contributed by atoms with Crippen LogP contribution < -0.4 is 10.6 Å². The van der Waals surface area contributed by atoms with E-state index in [1.807, 2.05) is 92.7 Å². The number of benzene rings is 3. The second-order valence-corrected chi connectivity index (χ2v) is 13.9. The van der Waals surface area contributed by atoms with Crippen LogP contribution in [0.25, 0.3) is 0 Å². The highest BCUT2D eigenvalue weighted by molar-refractivity contribution is 9.09. The van der Waals surface area contributed by atoms with Gasteiger partial charge < -0.3 is 20.6 Å². The van der Waals surface area contributed by atoms with E-state index in [-0.39, 0.29) is 34.4 Å². The predicted octanol–water partition coefficient (Wildman–Crippen LogP) is 5.08. The van der Waals surface area contributed by atoms with E-state index in [9.17, 15) is 19.5 Å². The number of hydrogen-bond donors (Lipinski definition) is 3. The first-order valence-electron chi connectivity index (χ1n) is 13.8. The minimum Gasteiger partial charge on any atom is -0.394 e. The van der Waals surface area contributed by atoms with Crippen molar-refractivity contribution in [3.63, 3.8) is 0 Å². The summed E-state index contributed by atoms with van der Waals surface area (Å²) in [6, 6.07) is 22.8. The molecular formula is C32H32BrN3O4S. The molecule has 3 aliphatic rings. The number of amides is 3. The van der Waals surface area contributed by atoms with Crippen molar-refractivity contribution in [1.29, 1.82) is 0 Å². The molecule has 0 aliphatic carbocycles. The Balaban J connectivity index is 1.43. The van der Waals surface area contributed by atoms with Gasteiger partial charge >= 0.3 is 0 Å². The Labute approximate surface area is 252 Å². The first-order chi connectivity index (χ1) is 19.7. The van der Waals surface area contributed by atoms with Crippen molar-refractivity contribution in [2.75, 3.05) is 17.2 Å². The molecule has 3 N–H and O–H groups in total. The maximum atomic E-state index is 14.5. The lowest BCUT2D eigenvalue weighted by atomic mass is 9.70. The number of fused-ring (bicyclic) bond motifs is 1. The Morgan fingerprint density at radius 1 is 1.02 bits per heavy atom. The van der Waals surface area contributed by atoms with Crippen LogP contribution in [0.2, 0.25) is 0 Å². The van der Waals surface area contributed by atoms with Crippen molar-refractivity contribution in [3.8, 4) is 0 Å². The molecule has 0 saturated carbocycles. The van der Waals surface area contributed by atoms with Gasteiger partial charge in [-0.05, 0) is 55.2 Å². The van der Waals surface area contributed by atoms with Crippen LogP contribution in [0.3, 0.4) is 0 Å². The number of aryl methyl sites for hydroxylation is 2. The molecule has 3 fully saturated rings. The lowest BCUT2D eigenvalue weighted by molar-refractivity contribution is -0.141. The summed E-state index contributed by atoms with van der Waals surface area (Å²) in [6.45, 7) is 3.55. The number of aliphatic hydroxyl groups excluding tert-OH is 1. The summed E-state index contributed by atoms with van der Waals surface area (Å²) >= 11 is 5.39. The molecule has 3 aromatic rings. The van der Waals surface area contributed by atoms with E-state index >= 15 is 0 Å². The number of thioether (sulfide) groups is 1. The van der Waals surface area contributed by atoms with E-state index in [1.165, 1.54) is 0 Å². The topological polar surface area (TPSA) is 98.7 Å². The van der Waals surface area contributed by atoms with Gasteiger partial charge in [0.1, 0.15) is 6.04 Å². The zero-order chi connectivity index (χ0) is 28.9. The summed E-state index contributed by atoms with van der Waals surface area (Å²) in [5, 5.41) is 16.6. The predicted molar refractivity (Wildman–Crippen MR) is 165 cm³/mol. The number of hydrogen-bond acceptors (Lipinski definition) is 5. The van der Waals surface area contributed by atoms with Crippen LogP contribution in [0.5, 0.6) is 0 Å². The van der Waals surface area contributed by atoms with Crippen LogP contribution in [0.15, 0.2) is 78.9 Å². The van der Waals surface area contributed by atoms with E-state index in [4.69, 9.17) is 0 Å². The zero-order valence-electron chi connectivity index (χ0n) is 22.8. The minimum absolute atomic E-state index is 0.0525. The molecule has 0 radical (unpaired) electrons. The number of rotatable bonds is 7. The number of carbonyl (C=O) groups is 3. The molecule has 212 valence electrons. The highest BCUT2D eigenvalue weighted by Crippen LogP contribution is 2.68. The summed E-state index contributed by atoms with van der Waals surface area (Å²) in [4.78, 5) is 44.3. The third kappa shape index (κ3) is 4.68. The fourth-order valence-corrected chi connectivity index (χ4v) is 10.5. The maximum absolute atomic E-state index is 14.5. The van der Waals surface area contributed by atoms with Crippen LogP contribution in [-0.4, -0.2) is 55.2 Å². The Morgan fingerprint density at radius 2 is 1.71 bits per heavy atom. The average Bonchev–Trinajstić information content (AvgIpc) is 3.56. The molecule has 3 saturated heterocycles. The van der Waals surface area contributed by atoms with Crippen molar-refractivity contribution in [2.24, 2.45) is 11.8 Å². The van der Waals surface area contributed by atoms with Gasteiger partial charge in [-0.2, -0.15) is 0 Å². The average molecular weight is 635 g/mol. The van der Waals surface area contributed by atoms with Gasteiger partial charge in [0.25, 0.3) is 0 Å². The minimum atomic E-state index is -0.887. The largest absolute Gasteiger partial charge is 0.394 e. The van der Waals surface area contributed by atoms with Crippen molar-refractivity contribution >= 4 is 56.8 Å². The molecule has 3 heterocycles. The number of alkyl halides is 1. The quantitative estimate of drug-likeness (QED) is 0.315. The van der Waals surface area contributed by atoms with Gasteiger partial charge in [0.15, 0.2) is 0 Å². The second-order valence-electron chi connectivity index (χ2n) is 11.2. The Bertz CT molecular complexity index is 1490. The van der Waals surface area contributed by atoms with Gasteiger partial charge in [0, 0.05) is 21.5 Å². The van der Waals surface area contributed by atoms with E-state index in [0.717, 1.165) is 16.7 Å². The van der Waals surface area contributed by atoms with E-state index in [2.05, 4.69) is 26.6 Å². The molecule has 1 spiro atoms. The fraction of sp³-hybridized carbons (Fsp3) is 0.344. The Kier molecular flexibility index (Phi) is 7.46. The van der Waals surface area contributed by atoms with E-state index in [1.54, 1.807) is 16.7 Å². The first-order valence-corrected chi connectivity index (χ1v) is 15.6. The Hall–Kier alpha value is -3.14. The first kappa shape index (κ1) is 28.0.